The van der Waals surface area contributed by atoms with Crippen molar-refractivity contribution in [2.75, 3.05) is 12.3 Å². The molecule has 4 nitrogen and oxygen atoms in total. The highest BCUT2D eigenvalue weighted by Crippen LogP contribution is 2.41. The molecule has 1 heterocycles. The van der Waals surface area contributed by atoms with Crippen LogP contribution in [0.3, 0.4) is 0 Å². The van der Waals surface area contributed by atoms with Crippen molar-refractivity contribution < 1.29 is 23.0 Å². The van der Waals surface area contributed by atoms with Gasteiger partial charge in [-0.25, -0.2) is 0 Å². The second-order valence-corrected chi connectivity index (χ2v) is 7.47. The highest BCUT2D eigenvalue weighted by Gasteiger charge is 2.43. The molecule has 1 aliphatic heterocycles. The largest absolute Gasteiger partial charge is 0.586 e. The number of fused-ring (bicyclic) bond motifs is 1. The number of thioether (sulfide) groups is 1. The van der Waals surface area contributed by atoms with Crippen molar-refractivity contribution in [1.82, 2.24) is 5.32 Å². The van der Waals surface area contributed by atoms with Gasteiger partial charge >= 0.3 is 6.29 Å². The highest BCUT2D eigenvalue weighted by molar-refractivity contribution is 8.00. The first-order valence-electron chi connectivity index (χ1n) is 6.48. The molecule has 0 saturated heterocycles. The maximum absolute atomic E-state index is 12.9. The Morgan fingerprint density at radius 2 is 1.95 bits per heavy atom. The minimum Gasteiger partial charge on any atom is -0.395 e. The molecule has 1 aliphatic rings. The molecule has 0 bridgehead atoms. The standard InChI is InChI=1S/C14H17F2NO3S/c1-13(2,3)21-7-6-17-12(18)9-4-5-10-11(8-9)20-14(15,16)19-10/h4-5,8H,6-7H2,1-3H3,(H,17,18). The first-order valence-corrected chi connectivity index (χ1v) is 7.47. The molecule has 0 atom stereocenters. The van der Waals surface area contributed by atoms with Gasteiger partial charge in [-0.15, -0.1) is 8.78 Å². The zero-order valence-electron chi connectivity index (χ0n) is 12.0. The topological polar surface area (TPSA) is 47.6 Å². The molecule has 0 unspecified atom stereocenters. The van der Waals surface area contributed by atoms with E-state index in [0.29, 0.717) is 6.54 Å². The first-order chi connectivity index (χ1) is 9.66. The average Bonchev–Trinajstić information content (AvgIpc) is 2.65. The molecule has 0 aliphatic carbocycles. The summed E-state index contributed by atoms with van der Waals surface area (Å²) in [4.78, 5) is 11.9. The summed E-state index contributed by atoms with van der Waals surface area (Å²) >= 11 is 1.73. The Hall–Kier alpha value is -1.50. The van der Waals surface area contributed by atoms with Crippen LogP contribution >= 0.6 is 11.8 Å². The van der Waals surface area contributed by atoms with Crippen LogP contribution in [0.1, 0.15) is 31.1 Å². The summed E-state index contributed by atoms with van der Waals surface area (Å²) in [7, 11) is 0. The number of benzene rings is 1. The van der Waals surface area contributed by atoms with Gasteiger partial charge in [0.05, 0.1) is 0 Å². The summed E-state index contributed by atoms with van der Waals surface area (Å²) in [5.74, 6) is 0.250. The molecular weight excluding hydrogens is 300 g/mol. The molecule has 1 aromatic carbocycles. The van der Waals surface area contributed by atoms with E-state index < -0.39 is 6.29 Å². The fourth-order valence-corrected chi connectivity index (χ4v) is 2.53. The van der Waals surface area contributed by atoms with Gasteiger partial charge in [0.25, 0.3) is 5.91 Å². The van der Waals surface area contributed by atoms with Crippen molar-refractivity contribution in [2.45, 2.75) is 31.8 Å². The van der Waals surface area contributed by atoms with Crippen LogP contribution in [-0.4, -0.2) is 29.2 Å². The van der Waals surface area contributed by atoms with E-state index in [1.165, 1.54) is 18.2 Å². The molecule has 0 radical (unpaired) electrons. The number of hydrogen-bond acceptors (Lipinski definition) is 4. The number of alkyl halides is 2. The van der Waals surface area contributed by atoms with Crippen LogP contribution in [-0.2, 0) is 0 Å². The number of nitrogens with one attached hydrogen (secondary N) is 1. The van der Waals surface area contributed by atoms with Crippen LogP contribution in [0.2, 0.25) is 0 Å². The minimum absolute atomic E-state index is 0.0696. The second kappa shape index (κ2) is 5.71. The van der Waals surface area contributed by atoms with Crippen molar-refractivity contribution in [3.63, 3.8) is 0 Å². The average molecular weight is 317 g/mol. The van der Waals surface area contributed by atoms with Gasteiger partial charge < -0.3 is 14.8 Å². The summed E-state index contributed by atoms with van der Waals surface area (Å²) in [5, 5.41) is 2.74. The molecule has 7 heteroatoms. The predicted octanol–water partition coefficient (Wildman–Crippen LogP) is 3.27. The van der Waals surface area contributed by atoms with Crippen molar-refractivity contribution in [3.05, 3.63) is 23.8 Å². The van der Waals surface area contributed by atoms with Crippen LogP contribution in [0, 0.1) is 0 Å². The zero-order chi connectivity index (χ0) is 15.7. The maximum atomic E-state index is 12.9. The lowest BCUT2D eigenvalue weighted by Gasteiger charge is -2.17. The molecule has 1 N–H and O–H groups in total. The lowest BCUT2D eigenvalue weighted by molar-refractivity contribution is -0.286. The van der Waals surface area contributed by atoms with E-state index >= 15 is 0 Å². The third-order valence-corrected chi connectivity index (χ3v) is 3.86. The van der Waals surface area contributed by atoms with E-state index in [4.69, 9.17) is 0 Å². The normalized spacial score (nSPS) is 15.9. The van der Waals surface area contributed by atoms with Gasteiger partial charge in [-0.2, -0.15) is 11.8 Å². The first kappa shape index (κ1) is 15.9. The van der Waals surface area contributed by atoms with Gasteiger partial charge in [0.2, 0.25) is 0 Å². The van der Waals surface area contributed by atoms with Crippen LogP contribution in [0.15, 0.2) is 18.2 Å². The van der Waals surface area contributed by atoms with Gasteiger partial charge in [0, 0.05) is 22.6 Å². The number of halogens is 2. The monoisotopic (exact) mass is 317 g/mol. The number of amides is 1. The van der Waals surface area contributed by atoms with Crippen molar-refractivity contribution in [3.8, 4) is 11.5 Å². The molecule has 1 amide bonds. The summed E-state index contributed by atoms with van der Waals surface area (Å²) in [5.41, 5.74) is 0.260. The van der Waals surface area contributed by atoms with Gasteiger partial charge in [0.15, 0.2) is 11.5 Å². The summed E-state index contributed by atoms with van der Waals surface area (Å²) in [6.45, 7) is 6.79. The molecule has 0 fully saturated rings. The van der Waals surface area contributed by atoms with E-state index in [-0.39, 0.29) is 27.7 Å². The third-order valence-electron chi connectivity index (χ3n) is 2.59. The molecular formula is C14H17F2NO3S. The summed E-state index contributed by atoms with van der Waals surface area (Å²) < 4.78 is 34.5. The molecule has 21 heavy (non-hydrogen) atoms. The smallest absolute Gasteiger partial charge is 0.395 e. The van der Waals surface area contributed by atoms with Crippen molar-refractivity contribution >= 4 is 17.7 Å². The van der Waals surface area contributed by atoms with Crippen molar-refractivity contribution in [1.29, 1.82) is 0 Å². The van der Waals surface area contributed by atoms with Gasteiger partial charge in [0.1, 0.15) is 0 Å². The van der Waals surface area contributed by atoms with E-state index in [9.17, 15) is 13.6 Å². The number of carbonyl (C=O) groups is 1. The Bertz CT molecular complexity index is 544. The molecule has 116 valence electrons. The molecule has 1 aromatic rings. The van der Waals surface area contributed by atoms with Gasteiger partial charge in [-0.05, 0) is 18.2 Å². The fourth-order valence-electron chi connectivity index (χ4n) is 1.71. The van der Waals surface area contributed by atoms with Crippen LogP contribution in [0.5, 0.6) is 11.5 Å². The molecule has 0 aromatic heterocycles. The summed E-state index contributed by atoms with van der Waals surface area (Å²) in [6.07, 6.45) is -3.67. The number of hydrogen-bond donors (Lipinski definition) is 1. The zero-order valence-corrected chi connectivity index (χ0v) is 12.9. The summed E-state index contributed by atoms with van der Waals surface area (Å²) in [6, 6.07) is 3.98. The van der Waals surface area contributed by atoms with Crippen LogP contribution in [0.4, 0.5) is 8.78 Å². The molecule has 2 rings (SSSR count). The highest BCUT2D eigenvalue weighted by atomic mass is 32.2. The fraction of sp³-hybridized carbons (Fsp3) is 0.500. The molecule has 0 spiro atoms. The van der Waals surface area contributed by atoms with Crippen LogP contribution < -0.4 is 14.8 Å². The third kappa shape index (κ3) is 4.49. The molecule has 0 saturated carbocycles. The van der Waals surface area contributed by atoms with Crippen LogP contribution in [0.25, 0.3) is 0 Å². The maximum Gasteiger partial charge on any atom is 0.586 e. The Morgan fingerprint density at radius 1 is 1.29 bits per heavy atom. The minimum atomic E-state index is -3.67. The van der Waals surface area contributed by atoms with Gasteiger partial charge in [-0.1, -0.05) is 20.8 Å². The lowest BCUT2D eigenvalue weighted by atomic mass is 10.2. The number of ether oxygens (including phenoxy) is 2. The predicted molar refractivity (Wildman–Crippen MR) is 77.2 cm³/mol. The lowest BCUT2D eigenvalue weighted by Crippen LogP contribution is -2.27. The van der Waals surface area contributed by atoms with Crippen molar-refractivity contribution in [2.24, 2.45) is 0 Å². The Morgan fingerprint density at radius 3 is 2.62 bits per heavy atom. The van der Waals surface area contributed by atoms with Gasteiger partial charge in [-0.3, -0.25) is 4.79 Å². The Kier molecular flexibility index (Phi) is 4.32. The second-order valence-electron chi connectivity index (χ2n) is 5.55. The quantitative estimate of drug-likeness (QED) is 0.866. The van der Waals surface area contributed by atoms with E-state index in [2.05, 4.69) is 35.6 Å². The Balaban J connectivity index is 1.90. The number of carbonyl (C=O) groups excluding carboxylic acids is 1. The number of rotatable bonds is 4. The SMILES string of the molecule is CC(C)(C)SCCNC(=O)c1ccc2c(c1)OC(F)(F)O2. The van der Waals surface area contributed by atoms with E-state index in [0.717, 1.165) is 5.75 Å². The van der Waals surface area contributed by atoms with E-state index in [1.54, 1.807) is 11.8 Å². The Labute approximate surface area is 126 Å². The van der Waals surface area contributed by atoms with E-state index in [1.807, 2.05) is 0 Å².